The van der Waals surface area contributed by atoms with E-state index in [1.54, 1.807) is 13.1 Å². The first-order chi connectivity index (χ1) is 8.27. The fourth-order valence-electron chi connectivity index (χ4n) is 2.31. The molecule has 0 saturated carbocycles. The summed E-state index contributed by atoms with van der Waals surface area (Å²) in [4.78, 5) is 6.83. The van der Waals surface area contributed by atoms with Crippen molar-refractivity contribution in [3.8, 4) is 0 Å². The van der Waals surface area contributed by atoms with Crippen molar-refractivity contribution < 1.29 is 5.11 Å². The lowest BCUT2D eigenvalue weighted by Crippen LogP contribution is -2.27. The van der Waals surface area contributed by atoms with Crippen LogP contribution in [0.3, 0.4) is 0 Å². The number of nitrogens with zero attached hydrogens (tertiary/aromatic N) is 2. The highest BCUT2D eigenvalue weighted by molar-refractivity contribution is 5.39. The highest BCUT2D eigenvalue weighted by atomic mass is 16.3. The number of aliphatic hydroxyl groups excluding tert-OH is 1. The molecule has 0 bridgehead atoms. The predicted molar refractivity (Wildman–Crippen MR) is 70.2 cm³/mol. The van der Waals surface area contributed by atoms with Gasteiger partial charge in [0.25, 0.3) is 0 Å². The lowest BCUT2D eigenvalue weighted by molar-refractivity contribution is 0.199. The van der Waals surface area contributed by atoms with E-state index >= 15 is 0 Å². The van der Waals surface area contributed by atoms with E-state index in [9.17, 15) is 5.11 Å². The largest absolute Gasteiger partial charge is 0.389 e. The molecule has 0 aliphatic carbocycles. The van der Waals surface area contributed by atoms with Gasteiger partial charge in [-0.05, 0) is 31.4 Å². The fraction of sp³-hybridized carbons (Fsp3) is 0.643. The number of hydrogen-bond donors (Lipinski definition) is 1. The monoisotopic (exact) mass is 234 g/mol. The van der Waals surface area contributed by atoms with Gasteiger partial charge in [-0.15, -0.1) is 0 Å². The molecule has 1 aliphatic heterocycles. The van der Waals surface area contributed by atoms with Crippen LogP contribution in [0.5, 0.6) is 0 Å². The van der Waals surface area contributed by atoms with Gasteiger partial charge in [-0.25, -0.2) is 4.98 Å². The van der Waals surface area contributed by atoms with Crippen molar-refractivity contribution in [2.45, 2.75) is 45.1 Å². The molecule has 1 aromatic rings. The smallest absolute Gasteiger partial charge is 0.128 e. The summed E-state index contributed by atoms with van der Waals surface area (Å²) >= 11 is 0. The Morgan fingerprint density at radius 2 is 1.76 bits per heavy atom. The second-order valence-electron chi connectivity index (χ2n) is 4.88. The maximum absolute atomic E-state index is 9.45. The number of anilines is 1. The Labute approximate surface area is 103 Å². The van der Waals surface area contributed by atoms with E-state index in [2.05, 4.69) is 9.88 Å². The Balaban J connectivity index is 2.04. The van der Waals surface area contributed by atoms with Gasteiger partial charge < -0.3 is 10.0 Å². The van der Waals surface area contributed by atoms with Gasteiger partial charge in [0.1, 0.15) is 5.82 Å². The predicted octanol–water partition coefficient (Wildman–Crippen LogP) is 2.91. The Kier molecular flexibility index (Phi) is 4.37. The summed E-state index contributed by atoms with van der Waals surface area (Å²) in [5.41, 5.74) is 0.890. The molecule has 1 atom stereocenters. The van der Waals surface area contributed by atoms with Crippen LogP contribution in [-0.4, -0.2) is 23.2 Å². The molecule has 0 spiro atoms. The third-order valence-corrected chi connectivity index (χ3v) is 3.43. The standard InChI is InChI=1S/C14H22N2O/c1-12(17)13-7-8-14(15-11-13)16-9-5-3-2-4-6-10-16/h7-8,11-12,17H,2-6,9-10H2,1H3/t12-/m1/s1. The van der Waals surface area contributed by atoms with Crippen molar-refractivity contribution in [3.63, 3.8) is 0 Å². The van der Waals surface area contributed by atoms with E-state index in [0.29, 0.717) is 0 Å². The van der Waals surface area contributed by atoms with Crippen molar-refractivity contribution in [3.05, 3.63) is 23.9 Å². The zero-order valence-electron chi connectivity index (χ0n) is 10.6. The van der Waals surface area contributed by atoms with Crippen molar-refractivity contribution in [1.29, 1.82) is 0 Å². The molecule has 3 nitrogen and oxygen atoms in total. The van der Waals surface area contributed by atoms with E-state index in [0.717, 1.165) is 24.5 Å². The minimum absolute atomic E-state index is 0.427. The van der Waals surface area contributed by atoms with E-state index < -0.39 is 6.10 Å². The maximum atomic E-state index is 9.45. The van der Waals surface area contributed by atoms with Crippen LogP contribution in [0.25, 0.3) is 0 Å². The van der Waals surface area contributed by atoms with E-state index in [1.165, 1.54) is 32.1 Å². The number of rotatable bonds is 2. The first-order valence-electron chi connectivity index (χ1n) is 6.66. The summed E-state index contributed by atoms with van der Waals surface area (Å²) in [5.74, 6) is 1.05. The van der Waals surface area contributed by atoms with Crippen molar-refractivity contribution in [2.24, 2.45) is 0 Å². The maximum Gasteiger partial charge on any atom is 0.128 e. The second-order valence-corrected chi connectivity index (χ2v) is 4.88. The van der Waals surface area contributed by atoms with Crippen LogP contribution in [0.2, 0.25) is 0 Å². The zero-order valence-corrected chi connectivity index (χ0v) is 10.6. The molecule has 1 saturated heterocycles. The van der Waals surface area contributed by atoms with Gasteiger partial charge in [0.05, 0.1) is 6.10 Å². The molecule has 0 unspecified atom stereocenters. The third-order valence-electron chi connectivity index (χ3n) is 3.43. The van der Waals surface area contributed by atoms with E-state index in [-0.39, 0.29) is 0 Å². The molecule has 0 aromatic carbocycles. The quantitative estimate of drug-likeness (QED) is 0.854. The summed E-state index contributed by atoms with van der Waals surface area (Å²) in [6, 6.07) is 4.01. The molecule has 1 aliphatic rings. The summed E-state index contributed by atoms with van der Waals surface area (Å²) in [7, 11) is 0. The molecule has 2 rings (SSSR count). The molecule has 1 fully saturated rings. The first kappa shape index (κ1) is 12.4. The Bertz CT molecular complexity index is 327. The van der Waals surface area contributed by atoms with Gasteiger partial charge in [-0.1, -0.05) is 25.3 Å². The van der Waals surface area contributed by atoms with Gasteiger partial charge in [0, 0.05) is 19.3 Å². The Morgan fingerprint density at radius 1 is 1.12 bits per heavy atom. The van der Waals surface area contributed by atoms with Crippen LogP contribution in [0.15, 0.2) is 18.3 Å². The molecule has 2 heterocycles. The normalized spacial score (nSPS) is 19.5. The average molecular weight is 234 g/mol. The minimum atomic E-state index is -0.427. The number of pyridine rings is 1. The van der Waals surface area contributed by atoms with Crippen LogP contribution in [0.4, 0.5) is 5.82 Å². The van der Waals surface area contributed by atoms with Crippen LogP contribution < -0.4 is 4.90 Å². The van der Waals surface area contributed by atoms with Gasteiger partial charge >= 0.3 is 0 Å². The molecule has 1 aromatic heterocycles. The third kappa shape index (κ3) is 3.43. The fourth-order valence-corrected chi connectivity index (χ4v) is 2.31. The summed E-state index contributed by atoms with van der Waals surface area (Å²) in [6.45, 7) is 3.99. The average Bonchev–Trinajstić information content (AvgIpc) is 2.29. The van der Waals surface area contributed by atoms with Crippen molar-refractivity contribution in [2.75, 3.05) is 18.0 Å². The van der Waals surface area contributed by atoms with Gasteiger partial charge in [-0.3, -0.25) is 0 Å². The Morgan fingerprint density at radius 3 is 2.29 bits per heavy atom. The molecule has 1 N–H and O–H groups in total. The van der Waals surface area contributed by atoms with E-state index in [4.69, 9.17) is 0 Å². The van der Waals surface area contributed by atoms with Crippen LogP contribution >= 0.6 is 0 Å². The van der Waals surface area contributed by atoms with E-state index in [1.807, 2.05) is 12.1 Å². The lowest BCUT2D eigenvalue weighted by Gasteiger charge is -2.25. The SMILES string of the molecule is C[C@@H](O)c1ccc(N2CCCCCCC2)nc1. The second kappa shape index (κ2) is 6.01. The molecule has 0 amide bonds. The van der Waals surface area contributed by atoms with Gasteiger partial charge in [0.15, 0.2) is 0 Å². The molecule has 94 valence electrons. The first-order valence-corrected chi connectivity index (χ1v) is 6.66. The van der Waals surface area contributed by atoms with Crippen LogP contribution in [-0.2, 0) is 0 Å². The Hall–Kier alpha value is -1.09. The lowest BCUT2D eigenvalue weighted by atomic mass is 10.1. The highest BCUT2D eigenvalue weighted by Gasteiger charge is 2.10. The summed E-state index contributed by atoms with van der Waals surface area (Å²) < 4.78 is 0. The van der Waals surface area contributed by atoms with Gasteiger partial charge in [0.2, 0.25) is 0 Å². The number of aromatic nitrogens is 1. The number of aliphatic hydroxyl groups is 1. The summed E-state index contributed by atoms with van der Waals surface area (Å²) in [6.07, 6.45) is 7.94. The molecular formula is C14H22N2O. The van der Waals surface area contributed by atoms with Crippen LogP contribution in [0, 0.1) is 0 Å². The highest BCUT2D eigenvalue weighted by Crippen LogP contribution is 2.19. The molecule has 3 heteroatoms. The topological polar surface area (TPSA) is 36.4 Å². The van der Waals surface area contributed by atoms with Crippen molar-refractivity contribution >= 4 is 5.82 Å². The minimum Gasteiger partial charge on any atom is -0.389 e. The van der Waals surface area contributed by atoms with Gasteiger partial charge in [-0.2, -0.15) is 0 Å². The zero-order chi connectivity index (χ0) is 12.1. The molecule has 0 radical (unpaired) electrons. The van der Waals surface area contributed by atoms with Crippen LogP contribution in [0.1, 0.15) is 50.7 Å². The number of hydrogen-bond acceptors (Lipinski definition) is 3. The summed E-state index contributed by atoms with van der Waals surface area (Å²) in [5, 5.41) is 9.45. The van der Waals surface area contributed by atoms with Crippen molar-refractivity contribution in [1.82, 2.24) is 4.98 Å². The molecular weight excluding hydrogens is 212 g/mol. The molecule has 17 heavy (non-hydrogen) atoms.